The van der Waals surface area contributed by atoms with Gasteiger partial charge in [-0.3, -0.25) is 0 Å². The summed E-state index contributed by atoms with van der Waals surface area (Å²) in [5.41, 5.74) is 0. The van der Waals surface area contributed by atoms with E-state index in [0.717, 1.165) is 4.48 Å². The molecule has 0 heterocycles. The van der Waals surface area contributed by atoms with Crippen LogP contribution in [0.1, 0.15) is 19.8 Å². The van der Waals surface area contributed by atoms with Gasteiger partial charge in [0, 0.05) is 0 Å². The molecule has 0 N–H and O–H groups in total. The lowest BCUT2D eigenvalue weighted by Gasteiger charge is -2.23. The molecule has 0 aromatic rings. The predicted molar refractivity (Wildman–Crippen MR) is 50.8 cm³/mol. The SMILES string of the molecule is CCCC[N+](C)(C)C.N#C[S-]. The summed E-state index contributed by atoms with van der Waals surface area (Å²) in [6, 6.07) is 0. The fraction of sp³-hybridized carbons (Fsp3) is 0.875. The molecule has 11 heavy (non-hydrogen) atoms. The Morgan fingerprint density at radius 1 is 1.36 bits per heavy atom. The molecule has 0 aromatic heterocycles. The summed E-state index contributed by atoms with van der Waals surface area (Å²) in [6.45, 7) is 3.53. The molecule has 2 nitrogen and oxygen atoms in total. The zero-order valence-corrected chi connectivity index (χ0v) is 8.74. The monoisotopic (exact) mass is 174 g/mol. The topological polar surface area (TPSA) is 23.8 Å². The van der Waals surface area contributed by atoms with Crippen LogP contribution in [-0.2, 0) is 12.6 Å². The highest BCUT2D eigenvalue weighted by atomic mass is 32.1. The first-order valence-electron chi connectivity index (χ1n) is 3.79. The van der Waals surface area contributed by atoms with E-state index in [2.05, 4.69) is 40.7 Å². The molecule has 0 radical (unpaired) electrons. The van der Waals surface area contributed by atoms with Gasteiger partial charge in [-0.15, -0.1) is 0 Å². The van der Waals surface area contributed by atoms with E-state index in [0.29, 0.717) is 0 Å². The van der Waals surface area contributed by atoms with Crippen molar-refractivity contribution in [1.82, 2.24) is 0 Å². The fourth-order valence-electron chi connectivity index (χ4n) is 0.632. The Kier molecular flexibility index (Phi) is 9.38. The van der Waals surface area contributed by atoms with Gasteiger partial charge in [0.15, 0.2) is 0 Å². The van der Waals surface area contributed by atoms with Crippen molar-refractivity contribution in [2.45, 2.75) is 19.8 Å². The lowest BCUT2D eigenvalue weighted by Crippen LogP contribution is -2.35. The Bertz CT molecular complexity index is 110. The van der Waals surface area contributed by atoms with E-state index in [1.807, 2.05) is 0 Å². The minimum atomic E-state index is 1.10. The lowest BCUT2D eigenvalue weighted by molar-refractivity contribution is -0.870. The summed E-state index contributed by atoms with van der Waals surface area (Å²) in [7, 11) is 6.70. The number of nitriles is 1. The van der Waals surface area contributed by atoms with Crippen molar-refractivity contribution < 1.29 is 4.48 Å². The van der Waals surface area contributed by atoms with Crippen LogP contribution in [0.4, 0.5) is 0 Å². The minimum absolute atomic E-state index is 1.10. The summed E-state index contributed by atoms with van der Waals surface area (Å²) < 4.78 is 1.10. The molecule has 0 aliphatic carbocycles. The van der Waals surface area contributed by atoms with E-state index < -0.39 is 0 Å². The highest BCUT2D eigenvalue weighted by molar-refractivity contribution is 7.64. The molecule has 0 rings (SSSR count). The first-order valence-corrected chi connectivity index (χ1v) is 4.20. The van der Waals surface area contributed by atoms with Crippen LogP contribution in [-0.4, -0.2) is 32.2 Å². The predicted octanol–water partition coefficient (Wildman–Crippen LogP) is 1.51. The van der Waals surface area contributed by atoms with Crippen LogP contribution >= 0.6 is 0 Å². The van der Waals surface area contributed by atoms with Gasteiger partial charge in [-0.2, -0.15) is 0 Å². The maximum atomic E-state index is 7.13. The number of unbranched alkanes of at least 4 members (excludes halogenated alkanes) is 1. The van der Waals surface area contributed by atoms with E-state index in [1.54, 1.807) is 0 Å². The number of thiocyanates is 1. The summed E-state index contributed by atoms with van der Waals surface area (Å²) in [4.78, 5) is 0. The van der Waals surface area contributed by atoms with Crippen molar-refractivity contribution in [3.8, 4) is 5.40 Å². The molecule has 0 aliphatic rings. The first kappa shape index (κ1) is 13.3. The molecule has 0 bridgehead atoms. The largest absolute Gasteiger partial charge is 0.696 e. The smallest absolute Gasteiger partial charge is 0.0780 e. The highest BCUT2D eigenvalue weighted by Crippen LogP contribution is 1.94. The summed E-state index contributed by atoms with van der Waals surface area (Å²) in [5.74, 6) is 0. The molecule has 0 unspecified atom stereocenters. The molecule has 3 heteroatoms. The highest BCUT2D eigenvalue weighted by Gasteiger charge is 2.02. The van der Waals surface area contributed by atoms with Crippen LogP contribution in [0.25, 0.3) is 0 Å². The zero-order chi connectivity index (χ0) is 9.33. The van der Waals surface area contributed by atoms with Gasteiger partial charge < -0.3 is 17.1 Å². The van der Waals surface area contributed by atoms with Crippen LogP contribution in [0.2, 0.25) is 0 Å². The van der Waals surface area contributed by atoms with Crippen LogP contribution in [0, 0.1) is 10.7 Å². The third-order valence-corrected chi connectivity index (χ3v) is 1.18. The number of nitrogens with zero attached hydrogens (tertiary/aromatic N) is 2. The van der Waals surface area contributed by atoms with Gasteiger partial charge in [0.05, 0.1) is 27.7 Å². The fourth-order valence-corrected chi connectivity index (χ4v) is 0.632. The molecule has 0 spiro atoms. The number of rotatable bonds is 3. The summed E-state index contributed by atoms with van der Waals surface area (Å²) >= 11 is 3.70. The van der Waals surface area contributed by atoms with E-state index in [4.69, 9.17) is 5.26 Å². The van der Waals surface area contributed by atoms with Crippen LogP contribution in [0.3, 0.4) is 0 Å². The Balaban J connectivity index is 0. The molecule has 66 valence electrons. The Morgan fingerprint density at radius 2 is 1.73 bits per heavy atom. The number of quaternary nitrogens is 1. The van der Waals surface area contributed by atoms with E-state index in [9.17, 15) is 0 Å². The van der Waals surface area contributed by atoms with Crippen molar-refractivity contribution in [1.29, 1.82) is 5.26 Å². The quantitative estimate of drug-likeness (QED) is 0.368. The molecular weight excluding hydrogens is 156 g/mol. The molecule has 0 amide bonds. The average Bonchev–Trinajstić information content (AvgIpc) is 1.84. The van der Waals surface area contributed by atoms with Crippen molar-refractivity contribution >= 4 is 12.6 Å². The molecule has 0 fully saturated rings. The van der Waals surface area contributed by atoms with Crippen LogP contribution in [0.5, 0.6) is 0 Å². The molecule has 0 atom stereocenters. The number of hydrogen-bond acceptors (Lipinski definition) is 2. The van der Waals surface area contributed by atoms with Gasteiger partial charge in [-0.25, -0.2) is 5.26 Å². The molecule has 0 aromatic carbocycles. The van der Waals surface area contributed by atoms with Crippen LogP contribution < -0.4 is 0 Å². The second kappa shape index (κ2) is 7.77. The maximum Gasteiger partial charge on any atom is 0.0780 e. The van der Waals surface area contributed by atoms with E-state index >= 15 is 0 Å². The van der Waals surface area contributed by atoms with Gasteiger partial charge in [0.1, 0.15) is 0 Å². The van der Waals surface area contributed by atoms with Crippen LogP contribution in [0.15, 0.2) is 0 Å². The molecular formula is C8H18N2S. The van der Waals surface area contributed by atoms with Gasteiger partial charge in [-0.1, -0.05) is 18.7 Å². The van der Waals surface area contributed by atoms with Crippen molar-refractivity contribution in [3.05, 3.63) is 0 Å². The Hall–Kier alpha value is -0.330. The van der Waals surface area contributed by atoms with Crippen molar-refractivity contribution in [2.24, 2.45) is 0 Å². The summed E-state index contributed by atoms with van der Waals surface area (Å²) in [5, 5.41) is 8.47. The normalized spacial score (nSPS) is 9.36. The zero-order valence-electron chi connectivity index (χ0n) is 7.92. The third-order valence-electron chi connectivity index (χ3n) is 1.18. The third kappa shape index (κ3) is 26.1. The molecule has 0 saturated heterocycles. The standard InChI is InChI=1S/C7H18N.CHNS/c1-5-6-7-8(2,3)4;2-1-3/h5-7H2,1-4H3;3H/q+1;/p-1. The summed E-state index contributed by atoms with van der Waals surface area (Å²) in [6.07, 6.45) is 2.67. The van der Waals surface area contributed by atoms with Crippen molar-refractivity contribution in [2.75, 3.05) is 27.7 Å². The van der Waals surface area contributed by atoms with Gasteiger partial charge >= 0.3 is 0 Å². The molecule has 0 aliphatic heterocycles. The van der Waals surface area contributed by atoms with E-state index in [1.165, 1.54) is 24.8 Å². The van der Waals surface area contributed by atoms with Gasteiger partial charge in [0.2, 0.25) is 0 Å². The molecule has 0 saturated carbocycles. The van der Waals surface area contributed by atoms with Crippen molar-refractivity contribution in [3.63, 3.8) is 0 Å². The second-order valence-corrected chi connectivity index (χ2v) is 3.64. The maximum absolute atomic E-state index is 7.13. The second-order valence-electron chi connectivity index (χ2n) is 3.46. The first-order chi connectivity index (χ1) is 4.97. The lowest BCUT2D eigenvalue weighted by atomic mass is 10.3. The van der Waals surface area contributed by atoms with Gasteiger partial charge in [0.25, 0.3) is 0 Å². The average molecular weight is 174 g/mol. The Labute approximate surface area is 75.8 Å². The van der Waals surface area contributed by atoms with E-state index in [-0.39, 0.29) is 0 Å². The Morgan fingerprint density at radius 3 is 1.82 bits per heavy atom. The van der Waals surface area contributed by atoms with Gasteiger partial charge in [-0.05, 0) is 6.42 Å². The minimum Gasteiger partial charge on any atom is -0.696 e. The number of hydrogen-bond donors (Lipinski definition) is 0.